The normalized spacial score (nSPS) is 10.8. The molecule has 1 amide bonds. The molecule has 0 atom stereocenters. The van der Waals surface area contributed by atoms with Gasteiger partial charge >= 0.3 is 0 Å². The third-order valence-corrected chi connectivity index (χ3v) is 5.24. The van der Waals surface area contributed by atoms with Crippen LogP contribution >= 0.6 is 15.9 Å². The van der Waals surface area contributed by atoms with E-state index in [4.69, 9.17) is 9.47 Å². The van der Waals surface area contributed by atoms with Crippen molar-refractivity contribution in [2.24, 2.45) is 5.10 Å². The molecule has 0 aliphatic rings. The first-order valence-electron chi connectivity index (χ1n) is 10.2. The van der Waals surface area contributed by atoms with Crippen LogP contribution in [0, 0.1) is 15.9 Å². The number of nitro benzene ring substituents is 1. The van der Waals surface area contributed by atoms with Crippen LogP contribution in [-0.2, 0) is 17.8 Å². The van der Waals surface area contributed by atoms with E-state index in [9.17, 15) is 19.3 Å². The van der Waals surface area contributed by atoms with Gasteiger partial charge in [0.2, 0.25) is 5.91 Å². The second kappa shape index (κ2) is 11.9. The predicted octanol–water partition coefficient (Wildman–Crippen LogP) is 5.17. The van der Waals surface area contributed by atoms with Crippen LogP contribution in [0.15, 0.2) is 70.2 Å². The highest BCUT2D eigenvalue weighted by atomic mass is 79.9. The molecule has 0 unspecified atom stereocenters. The zero-order valence-corrected chi connectivity index (χ0v) is 19.7. The minimum Gasteiger partial charge on any atom is -0.490 e. The number of nitrogens with zero attached hydrogens (tertiary/aromatic N) is 2. The van der Waals surface area contributed by atoms with Crippen molar-refractivity contribution in [1.82, 2.24) is 5.43 Å². The maximum Gasteiger partial charge on any atom is 0.269 e. The van der Waals surface area contributed by atoms with E-state index in [1.165, 1.54) is 42.6 Å². The fourth-order valence-corrected chi connectivity index (χ4v) is 3.38. The summed E-state index contributed by atoms with van der Waals surface area (Å²) in [6.45, 7) is 2.33. The number of hydrogen-bond donors (Lipinski definition) is 1. The highest BCUT2D eigenvalue weighted by Crippen LogP contribution is 2.34. The Morgan fingerprint density at radius 3 is 2.56 bits per heavy atom. The van der Waals surface area contributed by atoms with Crippen molar-refractivity contribution in [1.29, 1.82) is 0 Å². The van der Waals surface area contributed by atoms with E-state index in [2.05, 4.69) is 26.5 Å². The standard InChI is InChI=1S/C24H21BrFN3O5/c1-2-33-22-12-18(14-27-28-24(30)11-16-6-8-19(26)9-7-16)21(25)13-23(22)34-15-17-4-3-5-20(10-17)29(31)32/h3-10,12-14H,2,11,15H2,1H3,(H,28,30)/b27-14+. The molecule has 0 aromatic heterocycles. The van der Waals surface area contributed by atoms with Crippen molar-refractivity contribution in [3.63, 3.8) is 0 Å². The lowest BCUT2D eigenvalue weighted by Gasteiger charge is -2.14. The first-order valence-corrected chi connectivity index (χ1v) is 11.0. The number of nitro groups is 1. The number of carbonyl (C=O) groups excluding carboxylic acids is 1. The topological polar surface area (TPSA) is 103 Å². The van der Waals surface area contributed by atoms with E-state index in [1.54, 1.807) is 24.3 Å². The molecule has 0 saturated heterocycles. The van der Waals surface area contributed by atoms with E-state index >= 15 is 0 Å². The van der Waals surface area contributed by atoms with Gasteiger partial charge < -0.3 is 9.47 Å². The number of hydrazone groups is 1. The van der Waals surface area contributed by atoms with Crippen molar-refractivity contribution < 1.29 is 23.6 Å². The Bertz CT molecular complexity index is 1200. The van der Waals surface area contributed by atoms with E-state index in [0.29, 0.717) is 39.3 Å². The number of amides is 1. The molecule has 0 aliphatic heterocycles. The molecule has 8 nitrogen and oxygen atoms in total. The summed E-state index contributed by atoms with van der Waals surface area (Å²) in [6.07, 6.45) is 1.52. The molecule has 0 bridgehead atoms. The summed E-state index contributed by atoms with van der Waals surface area (Å²) in [7, 11) is 0. The SMILES string of the molecule is CCOc1cc(/C=N/NC(=O)Cc2ccc(F)cc2)c(Br)cc1OCc1cccc([N+](=O)[O-])c1. The number of carbonyl (C=O) groups is 1. The Balaban J connectivity index is 1.67. The summed E-state index contributed by atoms with van der Waals surface area (Å²) in [5.41, 5.74) is 4.36. The summed E-state index contributed by atoms with van der Waals surface area (Å²) in [6, 6.07) is 15.3. The summed E-state index contributed by atoms with van der Waals surface area (Å²) in [5.74, 6) is 0.184. The van der Waals surface area contributed by atoms with E-state index in [-0.39, 0.29) is 30.4 Å². The van der Waals surface area contributed by atoms with Crippen molar-refractivity contribution in [3.05, 3.63) is 97.8 Å². The second-order valence-corrected chi connectivity index (χ2v) is 7.92. The highest BCUT2D eigenvalue weighted by molar-refractivity contribution is 9.10. The number of nitrogens with one attached hydrogen (secondary N) is 1. The van der Waals surface area contributed by atoms with Crippen LogP contribution in [0.4, 0.5) is 10.1 Å². The molecule has 3 rings (SSSR count). The van der Waals surface area contributed by atoms with Gasteiger partial charge in [0, 0.05) is 22.2 Å². The van der Waals surface area contributed by atoms with Crippen LogP contribution in [0.5, 0.6) is 11.5 Å². The van der Waals surface area contributed by atoms with Gasteiger partial charge in [-0.3, -0.25) is 14.9 Å². The number of benzene rings is 3. The molecule has 3 aromatic carbocycles. The molecule has 0 aliphatic carbocycles. The van der Waals surface area contributed by atoms with Gasteiger partial charge in [-0.2, -0.15) is 5.10 Å². The van der Waals surface area contributed by atoms with Crippen molar-refractivity contribution in [2.45, 2.75) is 20.0 Å². The Hall–Kier alpha value is -3.79. The molecule has 0 spiro atoms. The van der Waals surface area contributed by atoms with Gasteiger partial charge in [-0.25, -0.2) is 9.82 Å². The Kier molecular flexibility index (Phi) is 8.69. The quantitative estimate of drug-likeness (QED) is 0.222. The van der Waals surface area contributed by atoms with Gasteiger partial charge in [0.05, 0.1) is 24.2 Å². The first-order chi connectivity index (χ1) is 16.4. The fourth-order valence-electron chi connectivity index (χ4n) is 2.95. The highest BCUT2D eigenvalue weighted by Gasteiger charge is 2.12. The van der Waals surface area contributed by atoms with Crippen LogP contribution < -0.4 is 14.9 Å². The second-order valence-electron chi connectivity index (χ2n) is 7.07. The van der Waals surface area contributed by atoms with Crippen LogP contribution in [0.25, 0.3) is 0 Å². The van der Waals surface area contributed by atoms with Crippen LogP contribution in [-0.4, -0.2) is 23.7 Å². The first kappa shape index (κ1) is 24.8. The van der Waals surface area contributed by atoms with E-state index in [1.807, 2.05) is 6.92 Å². The van der Waals surface area contributed by atoms with Crippen LogP contribution in [0.2, 0.25) is 0 Å². The van der Waals surface area contributed by atoms with E-state index < -0.39 is 4.92 Å². The minimum atomic E-state index is -0.460. The lowest BCUT2D eigenvalue weighted by molar-refractivity contribution is -0.384. The van der Waals surface area contributed by atoms with Gasteiger partial charge in [-0.05, 0) is 58.2 Å². The summed E-state index contributed by atoms with van der Waals surface area (Å²) < 4.78 is 25.1. The number of rotatable bonds is 10. The fraction of sp³-hybridized carbons (Fsp3) is 0.167. The number of ether oxygens (including phenoxy) is 2. The largest absolute Gasteiger partial charge is 0.490 e. The van der Waals surface area contributed by atoms with Crippen molar-refractivity contribution >= 4 is 33.7 Å². The molecule has 0 heterocycles. The lowest BCUT2D eigenvalue weighted by Crippen LogP contribution is -2.19. The molecule has 176 valence electrons. The average molecular weight is 530 g/mol. The molecule has 34 heavy (non-hydrogen) atoms. The van der Waals surface area contributed by atoms with Gasteiger partial charge in [-0.15, -0.1) is 0 Å². The minimum absolute atomic E-state index is 0.0136. The smallest absolute Gasteiger partial charge is 0.269 e. The Morgan fingerprint density at radius 1 is 1.12 bits per heavy atom. The number of halogens is 2. The van der Waals surface area contributed by atoms with Gasteiger partial charge in [0.15, 0.2) is 11.5 Å². The molecule has 0 radical (unpaired) electrons. The maximum atomic E-state index is 13.0. The monoisotopic (exact) mass is 529 g/mol. The summed E-state index contributed by atoms with van der Waals surface area (Å²) in [5, 5.41) is 14.9. The van der Waals surface area contributed by atoms with Crippen molar-refractivity contribution in [3.8, 4) is 11.5 Å². The zero-order valence-electron chi connectivity index (χ0n) is 18.2. The zero-order chi connectivity index (χ0) is 24.5. The van der Waals surface area contributed by atoms with Gasteiger partial charge in [0.1, 0.15) is 12.4 Å². The lowest BCUT2D eigenvalue weighted by atomic mass is 10.1. The van der Waals surface area contributed by atoms with E-state index in [0.717, 1.165) is 0 Å². The third-order valence-electron chi connectivity index (χ3n) is 4.55. The van der Waals surface area contributed by atoms with Gasteiger partial charge in [-0.1, -0.05) is 24.3 Å². The molecular weight excluding hydrogens is 509 g/mol. The third kappa shape index (κ3) is 7.11. The number of hydrogen-bond acceptors (Lipinski definition) is 6. The maximum absolute atomic E-state index is 13.0. The van der Waals surface area contributed by atoms with Crippen molar-refractivity contribution in [2.75, 3.05) is 6.61 Å². The molecule has 0 fully saturated rings. The van der Waals surface area contributed by atoms with Gasteiger partial charge in [0.25, 0.3) is 5.69 Å². The molecule has 0 saturated carbocycles. The van der Waals surface area contributed by atoms with Crippen LogP contribution in [0.3, 0.4) is 0 Å². The molecular formula is C24H21BrFN3O5. The van der Waals surface area contributed by atoms with Crippen LogP contribution in [0.1, 0.15) is 23.6 Å². The summed E-state index contributed by atoms with van der Waals surface area (Å²) >= 11 is 3.45. The molecule has 10 heteroatoms. The molecule has 1 N–H and O–H groups in total. The Morgan fingerprint density at radius 2 is 1.85 bits per heavy atom. The average Bonchev–Trinajstić information content (AvgIpc) is 2.81. The summed E-state index contributed by atoms with van der Waals surface area (Å²) in [4.78, 5) is 22.6. The molecule has 3 aromatic rings. The Labute approximate surface area is 203 Å². The predicted molar refractivity (Wildman–Crippen MR) is 129 cm³/mol. The number of non-ortho nitro benzene ring substituents is 1.